The first kappa shape index (κ1) is 13.9. The maximum Gasteiger partial charge on any atom is 0.0987 e. The van der Waals surface area contributed by atoms with Gasteiger partial charge in [-0.15, -0.1) is 11.8 Å². The van der Waals surface area contributed by atoms with Crippen molar-refractivity contribution in [2.45, 2.75) is 56.0 Å². The van der Waals surface area contributed by atoms with Crippen molar-refractivity contribution < 1.29 is 5.11 Å². The van der Waals surface area contributed by atoms with Gasteiger partial charge in [0.15, 0.2) is 0 Å². The summed E-state index contributed by atoms with van der Waals surface area (Å²) in [5.74, 6) is 0. The van der Waals surface area contributed by atoms with Gasteiger partial charge in [0.1, 0.15) is 0 Å². The Morgan fingerprint density at radius 1 is 1.56 bits per heavy atom. The van der Waals surface area contributed by atoms with Gasteiger partial charge >= 0.3 is 0 Å². The van der Waals surface area contributed by atoms with Crippen LogP contribution in [0.4, 0.5) is 0 Å². The molecule has 0 spiro atoms. The van der Waals surface area contributed by atoms with E-state index < -0.39 is 0 Å². The normalized spacial score (nSPS) is 17.1. The first-order valence-corrected chi connectivity index (χ1v) is 7.53. The molecule has 0 amide bonds. The molecule has 1 saturated carbocycles. The lowest BCUT2D eigenvalue weighted by molar-refractivity contribution is 0.289. The number of hydrogen-bond donors (Lipinski definition) is 2. The van der Waals surface area contributed by atoms with Gasteiger partial charge in [-0.05, 0) is 26.2 Å². The van der Waals surface area contributed by atoms with E-state index in [-0.39, 0.29) is 6.61 Å². The number of thioether (sulfide) groups is 1. The molecule has 1 unspecified atom stereocenters. The molecule has 18 heavy (non-hydrogen) atoms. The summed E-state index contributed by atoms with van der Waals surface area (Å²) < 4.78 is 1.97. The van der Waals surface area contributed by atoms with Crippen LogP contribution in [0, 0.1) is 6.92 Å². The summed E-state index contributed by atoms with van der Waals surface area (Å²) in [5, 5.41) is 18.7. The zero-order valence-corrected chi connectivity index (χ0v) is 12.3. The predicted molar refractivity (Wildman–Crippen MR) is 74.8 cm³/mol. The topological polar surface area (TPSA) is 50.1 Å². The standard InChI is InChI=1S/C13H23N3OS/c1-9(6-7-17)18-13-12(8-14-11-4-5-11)10(2)15-16(13)3/h9,11,14,17H,4-8H2,1-3H3. The van der Waals surface area contributed by atoms with E-state index in [0.29, 0.717) is 5.25 Å². The van der Waals surface area contributed by atoms with Crippen molar-refractivity contribution in [1.82, 2.24) is 15.1 Å². The third-order valence-electron chi connectivity index (χ3n) is 3.28. The quantitative estimate of drug-likeness (QED) is 0.742. The molecule has 1 aliphatic carbocycles. The maximum atomic E-state index is 8.99. The molecule has 0 bridgehead atoms. The largest absolute Gasteiger partial charge is 0.396 e. The fourth-order valence-corrected chi connectivity index (χ4v) is 3.16. The summed E-state index contributed by atoms with van der Waals surface area (Å²) >= 11 is 1.81. The van der Waals surface area contributed by atoms with Crippen molar-refractivity contribution in [2.75, 3.05) is 6.61 Å². The third-order valence-corrected chi connectivity index (χ3v) is 4.65. The third kappa shape index (κ3) is 3.49. The number of rotatable bonds is 7. The van der Waals surface area contributed by atoms with Crippen LogP contribution in [0.15, 0.2) is 5.03 Å². The molecule has 1 aromatic heterocycles. The molecule has 0 radical (unpaired) electrons. The Morgan fingerprint density at radius 2 is 2.28 bits per heavy atom. The number of nitrogens with zero attached hydrogens (tertiary/aromatic N) is 2. The molecule has 1 atom stereocenters. The van der Waals surface area contributed by atoms with Crippen molar-refractivity contribution in [3.63, 3.8) is 0 Å². The van der Waals surface area contributed by atoms with Crippen LogP contribution in [0.5, 0.6) is 0 Å². The van der Waals surface area contributed by atoms with E-state index in [1.54, 1.807) is 0 Å². The van der Waals surface area contributed by atoms with E-state index in [1.807, 2.05) is 23.5 Å². The molecule has 2 N–H and O–H groups in total. The minimum absolute atomic E-state index is 0.251. The van der Waals surface area contributed by atoms with E-state index in [4.69, 9.17) is 5.11 Å². The SMILES string of the molecule is Cc1nn(C)c(SC(C)CCO)c1CNC1CC1. The Morgan fingerprint density at radius 3 is 2.89 bits per heavy atom. The van der Waals surface area contributed by atoms with E-state index in [9.17, 15) is 0 Å². The van der Waals surface area contributed by atoms with Gasteiger partial charge in [0.2, 0.25) is 0 Å². The highest BCUT2D eigenvalue weighted by Crippen LogP contribution is 2.30. The summed E-state index contributed by atoms with van der Waals surface area (Å²) in [7, 11) is 2.00. The van der Waals surface area contributed by atoms with Crippen LogP contribution in [-0.2, 0) is 13.6 Å². The Kier molecular flexibility index (Phi) is 4.70. The van der Waals surface area contributed by atoms with Crippen LogP contribution in [0.25, 0.3) is 0 Å². The number of aliphatic hydroxyl groups is 1. The lowest BCUT2D eigenvalue weighted by Gasteiger charge is -2.12. The van der Waals surface area contributed by atoms with Crippen molar-refractivity contribution in [1.29, 1.82) is 0 Å². The number of aliphatic hydroxyl groups excluding tert-OH is 1. The summed E-state index contributed by atoms with van der Waals surface area (Å²) in [6.45, 7) is 5.39. The summed E-state index contributed by atoms with van der Waals surface area (Å²) in [6.07, 6.45) is 3.44. The van der Waals surface area contributed by atoms with Gasteiger partial charge in [0.25, 0.3) is 0 Å². The van der Waals surface area contributed by atoms with Gasteiger partial charge in [-0.2, -0.15) is 5.10 Å². The zero-order chi connectivity index (χ0) is 13.1. The second kappa shape index (κ2) is 6.08. The van der Waals surface area contributed by atoms with E-state index >= 15 is 0 Å². The van der Waals surface area contributed by atoms with Crippen LogP contribution in [0.3, 0.4) is 0 Å². The highest BCUT2D eigenvalue weighted by Gasteiger charge is 2.22. The fourth-order valence-electron chi connectivity index (χ4n) is 2.00. The molecule has 2 rings (SSSR count). The summed E-state index contributed by atoms with van der Waals surface area (Å²) in [5.41, 5.74) is 2.43. The Labute approximate surface area is 113 Å². The number of hydrogen-bond acceptors (Lipinski definition) is 4. The molecule has 5 heteroatoms. The van der Waals surface area contributed by atoms with Crippen LogP contribution in [-0.4, -0.2) is 32.8 Å². The summed E-state index contributed by atoms with van der Waals surface area (Å²) in [4.78, 5) is 0. The minimum atomic E-state index is 0.251. The molecule has 1 aliphatic rings. The van der Waals surface area contributed by atoms with Crippen LogP contribution in [0.2, 0.25) is 0 Å². The Balaban J connectivity index is 2.05. The van der Waals surface area contributed by atoms with E-state index in [1.165, 1.54) is 23.4 Å². The molecule has 0 saturated heterocycles. The van der Waals surface area contributed by atoms with E-state index in [2.05, 4.69) is 24.3 Å². The maximum absolute atomic E-state index is 8.99. The fraction of sp³-hybridized carbons (Fsp3) is 0.769. The Bertz CT molecular complexity index is 401. The number of aryl methyl sites for hydroxylation is 2. The smallest absolute Gasteiger partial charge is 0.0987 e. The first-order valence-electron chi connectivity index (χ1n) is 6.65. The van der Waals surface area contributed by atoms with Crippen LogP contribution >= 0.6 is 11.8 Å². The molecule has 4 nitrogen and oxygen atoms in total. The number of nitrogens with one attached hydrogen (secondary N) is 1. The second-order valence-electron chi connectivity index (χ2n) is 5.09. The van der Waals surface area contributed by atoms with Gasteiger partial charge in [0, 0.05) is 37.1 Å². The van der Waals surface area contributed by atoms with Gasteiger partial charge in [0.05, 0.1) is 10.7 Å². The Hall–Kier alpha value is -0.520. The average Bonchev–Trinajstić information content (AvgIpc) is 3.07. The van der Waals surface area contributed by atoms with Crippen molar-refractivity contribution in [3.8, 4) is 0 Å². The average molecular weight is 269 g/mol. The monoisotopic (exact) mass is 269 g/mol. The van der Waals surface area contributed by atoms with Gasteiger partial charge in [-0.1, -0.05) is 6.92 Å². The predicted octanol–water partition coefficient (Wildman–Crippen LogP) is 1.84. The lowest BCUT2D eigenvalue weighted by Crippen LogP contribution is -2.16. The van der Waals surface area contributed by atoms with Crippen molar-refractivity contribution in [3.05, 3.63) is 11.3 Å². The van der Waals surface area contributed by atoms with Crippen molar-refractivity contribution in [2.24, 2.45) is 7.05 Å². The van der Waals surface area contributed by atoms with Crippen LogP contribution < -0.4 is 5.32 Å². The number of aromatic nitrogens is 2. The second-order valence-corrected chi connectivity index (χ2v) is 6.52. The van der Waals surface area contributed by atoms with Gasteiger partial charge in [-0.25, -0.2) is 0 Å². The molecule has 1 aromatic rings. The molecule has 0 aromatic carbocycles. The molecule has 102 valence electrons. The molecule has 0 aliphatic heterocycles. The zero-order valence-electron chi connectivity index (χ0n) is 11.4. The summed E-state index contributed by atoms with van der Waals surface area (Å²) in [6, 6.07) is 0.720. The lowest BCUT2D eigenvalue weighted by atomic mass is 10.2. The van der Waals surface area contributed by atoms with Gasteiger partial charge < -0.3 is 10.4 Å². The molecular formula is C13H23N3OS. The van der Waals surface area contributed by atoms with Crippen molar-refractivity contribution >= 4 is 11.8 Å². The molecule has 1 fully saturated rings. The van der Waals surface area contributed by atoms with E-state index in [0.717, 1.165) is 24.7 Å². The van der Waals surface area contributed by atoms with Gasteiger partial charge in [-0.3, -0.25) is 4.68 Å². The highest BCUT2D eigenvalue weighted by atomic mass is 32.2. The molecule has 1 heterocycles. The van der Waals surface area contributed by atoms with Crippen LogP contribution in [0.1, 0.15) is 37.4 Å². The highest BCUT2D eigenvalue weighted by molar-refractivity contribution is 7.99. The minimum Gasteiger partial charge on any atom is -0.396 e. The first-order chi connectivity index (χ1) is 8.61. The molecular weight excluding hydrogens is 246 g/mol.